The van der Waals surface area contributed by atoms with Crippen LogP contribution in [0.4, 0.5) is 0 Å². The molecule has 2 aliphatic rings. The van der Waals surface area contributed by atoms with E-state index >= 15 is 0 Å². The van der Waals surface area contributed by atoms with E-state index in [2.05, 4.69) is 91.0 Å². The highest BCUT2D eigenvalue weighted by molar-refractivity contribution is 5.95. The first-order valence-corrected chi connectivity index (χ1v) is 10.4. The maximum atomic E-state index is 5.75. The van der Waals surface area contributed by atoms with Gasteiger partial charge in [-0.05, 0) is 62.7 Å². The fourth-order valence-corrected chi connectivity index (χ4v) is 5.69. The van der Waals surface area contributed by atoms with Crippen LogP contribution in [0.15, 0.2) is 114 Å². The van der Waals surface area contributed by atoms with E-state index in [4.69, 9.17) is 4.42 Å². The number of furan rings is 1. The first-order chi connectivity index (χ1) is 14.9. The lowest BCUT2D eigenvalue weighted by molar-refractivity contribution is 0.582. The smallest absolute Gasteiger partial charge is 0.133 e. The summed E-state index contributed by atoms with van der Waals surface area (Å²) in [6, 6.07) is 37.4. The lowest BCUT2D eigenvalue weighted by Gasteiger charge is -2.30. The molecule has 0 amide bonds. The van der Waals surface area contributed by atoms with E-state index < -0.39 is 0 Å². The van der Waals surface area contributed by atoms with Gasteiger partial charge in [-0.3, -0.25) is 0 Å². The summed E-state index contributed by atoms with van der Waals surface area (Å²) in [5.41, 5.74) is 11.6. The summed E-state index contributed by atoms with van der Waals surface area (Å²) < 4.78 is 5.75. The van der Waals surface area contributed by atoms with Crippen molar-refractivity contribution in [3.05, 3.63) is 132 Å². The van der Waals surface area contributed by atoms with Crippen LogP contribution >= 0.6 is 0 Å². The van der Waals surface area contributed by atoms with Crippen LogP contribution in [0, 0.1) is 0 Å². The van der Waals surface area contributed by atoms with E-state index in [1.165, 1.54) is 44.5 Å². The van der Waals surface area contributed by atoms with Crippen LogP contribution in [0.1, 0.15) is 22.3 Å². The molecule has 1 spiro atoms. The van der Waals surface area contributed by atoms with E-state index in [1.807, 2.05) is 12.1 Å². The summed E-state index contributed by atoms with van der Waals surface area (Å²) in [7, 11) is 0. The van der Waals surface area contributed by atoms with Gasteiger partial charge >= 0.3 is 0 Å². The first-order valence-electron chi connectivity index (χ1n) is 10.4. The van der Waals surface area contributed by atoms with Crippen LogP contribution in [-0.4, -0.2) is 0 Å². The number of hydrogen-bond acceptors (Lipinski definition) is 1. The molecule has 0 unspecified atom stereocenters. The summed E-state index contributed by atoms with van der Waals surface area (Å²) in [5, 5.41) is 0. The summed E-state index contributed by atoms with van der Waals surface area (Å²) in [6.07, 6.45) is 1.74. The second-order valence-corrected chi connectivity index (χ2v) is 8.12. The van der Waals surface area contributed by atoms with Crippen LogP contribution < -0.4 is 0 Å². The van der Waals surface area contributed by atoms with Crippen LogP contribution in [0.3, 0.4) is 0 Å². The van der Waals surface area contributed by atoms with Gasteiger partial charge in [0, 0.05) is 5.56 Å². The monoisotopic (exact) mass is 382 g/mol. The molecule has 5 aromatic rings. The van der Waals surface area contributed by atoms with Gasteiger partial charge in [0.2, 0.25) is 0 Å². The minimum atomic E-state index is -0.290. The van der Waals surface area contributed by atoms with E-state index in [-0.39, 0.29) is 5.41 Å². The fourth-order valence-electron chi connectivity index (χ4n) is 5.69. The number of rotatable bonds is 1. The standard InChI is InChI=1S/C29H18O/c1-4-11-24-20(8-1)21-9-2-5-12-25(21)29(24)26-13-6-3-10-22(26)23-16-15-19(18-27(23)29)28-14-7-17-30-28/h1-18H. The molecule has 1 heteroatoms. The van der Waals surface area contributed by atoms with Crippen molar-refractivity contribution in [1.82, 2.24) is 0 Å². The predicted molar refractivity (Wildman–Crippen MR) is 120 cm³/mol. The van der Waals surface area contributed by atoms with Gasteiger partial charge in [-0.2, -0.15) is 0 Å². The second kappa shape index (κ2) is 5.61. The largest absolute Gasteiger partial charge is 0.464 e. The Bertz CT molecular complexity index is 1380. The van der Waals surface area contributed by atoms with Crippen molar-refractivity contribution in [3.63, 3.8) is 0 Å². The van der Waals surface area contributed by atoms with Gasteiger partial charge in [0.05, 0.1) is 11.7 Å². The van der Waals surface area contributed by atoms with Gasteiger partial charge in [-0.25, -0.2) is 0 Å². The minimum Gasteiger partial charge on any atom is -0.464 e. The lowest BCUT2D eigenvalue weighted by atomic mass is 9.70. The van der Waals surface area contributed by atoms with Crippen LogP contribution in [0.25, 0.3) is 33.6 Å². The van der Waals surface area contributed by atoms with Crippen molar-refractivity contribution in [2.75, 3.05) is 0 Å². The molecule has 0 fully saturated rings. The van der Waals surface area contributed by atoms with Crippen molar-refractivity contribution < 1.29 is 4.42 Å². The van der Waals surface area contributed by atoms with Crippen molar-refractivity contribution in [1.29, 1.82) is 0 Å². The molecule has 1 heterocycles. The summed E-state index contributed by atoms with van der Waals surface area (Å²) >= 11 is 0. The zero-order valence-corrected chi connectivity index (χ0v) is 16.3. The third-order valence-corrected chi connectivity index (χ3v) is 6.80. The molecular formula is C29H18O. The molecule has 0 aliphatic heterocycles. The quantitative estimate of drug-likeness (QED) is 0.290. The Morgan fingerprint density at radius 2 is 1.00 bits per heavy atom. The molecule has 140 valence electrons. The average molecular weight is 382 g/mol. The average Bonchev–Trinajstić information content (AvgIpc) is 3.51. The van der Waals surface area contributed by atoms with Crippen molar-refractivity contribution in [2.45, 2.75) is 5.41 Å². The van der Waals surface area contributed by atoms with E-state index in [0.29, 0.717) is 0 Å². The molecule has 1 aromatic heterocycles. The Hall–Kier alpha value is -3.84. The molecule has 7 rings (SSSR count). The molecule has 4 aromatic carbocycles. The maximum absolute atomic E-state index is 5.75. The van der Waals surface area contributed by atoms with Crippen molar-refractivity contribution in [2.24, 2.45) is 0 Å². The summed E-state index contributed by atoms with van der Waals surface area (Å²) in [5.74, 6) is 0.906. The van der Waals surface area contributed by atoms with Gasteiger partial charge in [-0.15, -0.1) is 0 Å². The van der Waals surface area contributed by atoms with Gasteiger partial charge in [0.1, 0.15) is 5.76 Å². The van der Waals surface area contributed by atoms with Gasteiger partial charge in [0.15, 0.2) is 0 Å². The van der Waals surface area contributed by atoms with Crippen LogP contribution in [-0.2, 0) is 5.41 Å². The number of hydrogen-bond donors (Lipinski definition) is 0. The summed E-state index contributed by atoms with van der Waals surface area (Å²) in [6.45, 7) is 0. The molecule has 0 saturated carbocycles. The fraction of sp³-hybridized carbons (Fsp3) is 0.0345. The van der Waals surface area contributed by atoms with Gasteiger partial charge in [-0.1, -0.05) is 84.9 Å². The van der Waals surface area contributed by atoms with Crippen molar-refractivity contribution in [3.8, 4) is 33.6 Å². The predicted octanol–water partition coefficient (Wildman–Crippen LogP) is 7.29. The van der Waals surface area contributed by atoms with Crippen LogP contribution in [0.2, 0.25) is 0 Å². The molecule has 1 nitrogen and oxygen atoms in total. The normalized spacial score (nSPS) is 14.3. The second-order valence-electron chi connectivity index (χ2n) is 8.12. The summed E-state index contributed by atoms with van der Waals surface area (Å²) in [4.78, 5) is 0. The molecule has 0 radical (unpaired) electrons. The number of fused-ring (bicyclic) bond motifs is 10. The Labute approximate surface area is 175 Å². The third kappa shape index (κ3) is 1.79. The Kier molecular flexibility index (Phi) is 2.99. The van der Waals surface area contributed by atoms with Gasteiger partial charge < -0.3 is 4.42 Å². The highest BCUT2D eigenvalue weighted by Gasteiger charge is 2.51. The Morgan fingerprint density at radius 1 is 0.467 bits per heavy atom. The van der Waals surface area contributed by atoms with Crippen LogP contribution in [0.5, 0.6) is 0 Å². The zero-order valence-electron chi connectivity index (χ0n) is 16.3. The third-order valence-electron chi connectivity index (χ3n) is 6.80. The molecule has 0 N–H and O–H groups in total. The van der Waals surface area contributed by atoms with E-state index in [9.17, 15) is 0 Å². The van der Waals surface area contributed by atoms with Crippen molar-refractivity contribution >= 4 is 0 Å². The highest BCUT2D eigenvalue weighted by atomic mass is 16.3. The molecule has 0 saturated heterocycles. The molecular weight excluding hydrogens is 364 g/mol. The Morgan fingerprint density at radius 3 is 1.53 bits per heavy atom. The molecule has 0 atom stereocenters. The number of benzene rings is 4. The zero-order chi connectivity index (χ0) is 19.7. The van der Waals surface area contributed by atoms with E-state index in [1.54, 1.807) is 6.26 Å². The van der Waals surface area contributed by atoms with E-state index in [0.717, 1.165) is 11.3 Å². The Balaban J connectivity index is 1.67. The SMILES string of the molecule is c1coc(-c2ccc3c(c2)C2(c4ccccc4-c4ccccc42)c2ccccc2-3)c1. The molecule has 30 heavy (non-hydrogen) atoms. The lowest BCUT2D eigenvalue weighted by Crippen LogP contribution is -2.25. The topological polar surface area (TPSA) is 13.1 Å². The first kappa shape index (κ1) is 16.0. The minimum absolute atomic E-state index is 0.290. The highest BCUT2D eigenvalue weighted by Crippen LogP contribution is 2.62. The van der Waals surface area contributed by atoms with Gasteiger partial charge in [0.25, 0.3) is 0 Å². The maximum Gasteiger partial charge on any atom is 0.133 e. The molecule has 0 bridgehead atoms. The molecule has 2 aliphatic carbocycles.